The van der Waals surface area contributed by atoms with Crippen molar-refractivity contribution in [1.29, 1.82) is 0 Å². The van der Waals surface area contributed by atoms with Crippen LogP contribution in [0.3, 0.4) is 0 Å². The first-order valence-corrected chi connectivity index (χ1v) is 11.2. The fourth-order valence-corrected chi connectivity index (χ4v) is 5.12. The van der Waals surface area contributed by atoms with Crippen LogP contribution in [0, 0.1) is 5.92 Å². The van der Waals surface area contributed by atoms with E-state index in [2.05, 4.69) is 72.7 Å². The minimum absolute atomic E-state index is 0.0660. The van der Waals surface area contributed by atoms with Crippen LogP contribution in [0.25, 0.3) is 0 Å². The van der Waals surface area contributed by atoms with Crippen molar-refractivity contribution in [3.8, 4) is 0 Å². The Balaban J connectivity index is 1.53. The van der Waals surface area contributed by atoms with E-state index in [0.29, 0.717) is 5.92 Å². The van der Waals surface area contributed by atoms with Crippen LogP contribution in [0.2, 0.25) is 0 Å². The standard InChI is InChI=1S/C26H31N3O/c1-3-18-16-22(30-2)25-28-23(24(29(25)17-18)20-8-5-4-6-9-20)19-10-12-21(13-11-19)26(27)14-7-15-26/h4-6,8,10-13,16-17,20,23-24H,3,7,9,14-15,27H2,1-2H3. The van der Waals surface area contributed by atoms with Gasteiger partial charge in [-0.15, -0.1) is 0 Å². The van der Waals surface area contributed by atoms with E-state index < -0.39 is 0 Å². The van der Waals surface area contributed by atoms with Gasteiger partial charge in [0.1, 0.15) is 0 Å². The third-order valence-corrected chi connectivity index (χ3v) is 7.15. The molecule has 0 spiro atoms. The molecule has 2 aliphatic heterocycles. The van der Waals surface area contributed by atoms with Crippen molar-refractivity contribution >= 4 is 5.84 Å². The zero-order valence-electron chi connectivity index (χ0n) is 17.9. The maximum atomic E-state index is 6.55. The maximum Gasteiger partial charge on any atom is 0.171 e. The highest BCUT2D eigenvalue weighted by atomic mass is 16.5. The van der Waals surface area contributed by atoms with Crippen molar-refractivity contribution in [2.45, 2.75) is 56.7 Å². The van der Waals surface area contributed by atoms with E-state index in [9.17, 15) is 0 Å². The van der Waals surface area contributed by atoms with Gasteiger partial charge in [-0.05, 0) is 54.9 Å². The smallest absolute Gasteiger partial charge is 0.171 e. The van der Waals surface area contributed by atoms with Gasteiger partial charge in [0, 0.05) is 17.7 Å². The molecule has 0 bridgehead atoms. The summed E-state index contributed by atoms with van der Waals surface area (Å²) < 4.78 is 5.74. The highest BCUT2D eigenvalue weighted by molar-refractivity contribution is 6.00. The van der Waals surface area contributed by atoms with Crippen LogP contribution in [0.1, 0.15) is 56.2 Å². The van der Waals surface area contributed by atoms with Crippen molar-refractivity contribution in [1.82, 2.24) is 4.90 Å². The van der Waals surface area contributed by atoms with Gasteiger partial charge in [-0.3, -0.25) is 4.99 Å². The van der Waals surface area contributed by atoms with Crippen molar-refractivity contribution in [3.63, 3.8) is 0 Å². The zero-order valence-corrected chi connectivity index (χ0v) is 17.9. The number of methoxy groups -OCH3 is 1. The Hall–Kier alpha value is -2.59. The molecule has 1 aromatic carbocycles. The topological polar surface area (TPSA) is 50.8 Å². The van der Waals surface area contributed by atoms with Crippen molar-refractivity contribution in [2.24, 2.45) is 16.6 Å². The predicted molar refractivity (Wildman–Crippen MR) is 122 cm³/mol. The number of nitrogens with zero attached hydrogens (tertiary/aromatic N) is 2. The molecule has 4 aliphatic rings. The van der Waals surface area contributed by atoms with Gasteiger partial charge < -0.3 is 15.4 Å². The molecule has 30 heavy (non-hydrogen) atoms. The molecule has 3 atom stereocenters. The van der Waals surface area contributed by atoms with E-state index in [4.69, 9.17) is 15.5 Å². The van der Waals surface area contributed by atoms with Gasteiger partial charge in [-0.2, -0.15) is 0 Å². The van der Waals surface area contributed by atoms with Gasteiger partial charge in [0.05, 0.1) is 19.2 Å². The number of amidine groups is 1. The Kier molecular flexibility index (Phi) is 4.90. The van der Waals surface area contributed by atoms with Gasteiger partial charge in [-0.25, -0.2) is 0 Å². The molecule has 0 aromatic heterocycles. The lowest BCUT2D eigenvalue weighted by atomic mass is 9.72. The molecule has 5 rings (SSSR count). The second-order valence-corrected chi connectivity index (χ2v) is 8.91. The number of benzene rings is 1. The molecule has 1 aromatic rings. The normalized spacial score (nSPS) is 29.0. The highest BCUT2D eigenvalue weighted by Crippen LogP contribution is 2.43. The molecule has 0 amide bonds. The molecule has 3 unspecified atom stereocenters. The first-order valence-electron chi connectivity index (χ1n) is 11.2. The first-order chi connectivity index (χ1) is 14.6. The van der Waals surface area contributed by atoms with Crippen LogP contribution in [-0.4, -0.2) is 23.9 Å². The average molecular weight is 402 g/mol. The summed E-state index contributed by atoms with van der Waals surface area (Å²) in [5.74, 6) is 2.22. The number of nitrogens with two attached hydrogens (primary N) is 1. The van der Waals surface area contributed by atoms with Crippen LogP contribution in [0.15, 0.2) is 77.2 Å². The van der Waals surface area contributed by atoms with Gasteiger partial charge in [0.25, 0.3) is 0 Å². The van der Waals surface area contributed by atoms with Crippen molar-refractivity contribution in [3.05, 3.63) is 83.3 Å². The molecular weight excluding hydrogens is 370 g/mol. The SMILES string of the molecule is CCC1=CN2C(=NC(c3ccc(C4(N)CCC4)cc3)C2C2C=CC=CC2)C(OC)=C1. The monoisotopic (exact) mass is 401 g/mol. The van der Waals surface area contributed by atoms with Gasteiger partial charge in [0.15, 0.2) is 11.6 Å². The fraction of sp³-hybridized carbons (Fsp3) is 0.423. The van der Waals surface area contributed by atoms with Gasteiger partial charge in [-0.1, -0.05) is 55.5 Å². The van der Waals surface area contributed by atoms with E-state index in [1.54, 1.807) is 7.11 Å². The Labute approximate surface area is 179 Å². The van der Waals surface area contributed by atoms with Crippen molar-refractivity contribution < 1.29 is 4.74 Å². The van der Waals surface area contributed by atoms with Crippen LogP contribution < -0.4 is 5.73 Å². The summed E-state index contributed by atoms with van der Waals surface area (Å²) in [6.07, 6.45) is 18.7. The van der Waals surface area contributed by atoms with E-state index in [0.717, 1.165) is 37.3 Å². The summed E-state index contributed by atoms with van der Waals surface area (Å²) in [5, 5.41) is 0. The number of hydrogen-bond donors (Lipinski definition) is 1. The van der Waals surface area contributed by atoms with E-state index >= 15 is 0 Å². The minimum Gasteiger partial charge on any atom is -0.493 e. The lowest BCUT2D eigenvalue weighted by Gasteiger charge is -2.39. The summed E-state index contributed by atoms with van der Waals surface area (Å²) in [6, 6.07) is 9.23. The quantitative estimate of drug-likeness (QED) is 0.745. The largest absolute Gasteiger partial charge is 0.493 e. The summed E-state index contributed by atoms with van der Waals surface area (Å²) in [6.45, 7) is 2.19. The number of aliphatic imine (C=N–C) groups is 1. The lowest BCUT2D eigenvalue weighted by molar-refractivity contribution is 0.253. The molecule has 2 heterocycles. The predicted octanol–water partition coefficient (Wildman–Crippen LogP) is 5.12. The van der Waals surface area contributed by atoms with E-state index in [-0.39, 0.29) is 17.6 Å². The molecular formula is C26H31N3O. The number of hydrogen-bond acceptors (Lipinski definition) is 4. The lowest BCUT2D eigenvalue weighted by Crippen LogP contribution is -2.43. The Morgan fingerprint density at radius 3 is 2.60 bits per heavy atom. The maximum absolute atomic E-state index is 6.55. The fourth-order valence-electron chi connectivity index (χ4n) is 5.12. The number of ether oxygens (including phenoxy) is 1. The molecule has 1 fully saturated rings. The Bertz CT molecular complexity index is 962. The second kappa shape index (κ2) is 7.59. The molecule has 0 saturated heterocycles. The number of rotatable bonds is 5. The number of fused-ring (bicyclic) bond motifs is 1. The summed E-state index contributed by atoms with van der Waals surface area (Å²) >= 11 is 0. The second-order valence-electron chi connectivity index (χ2n) is 8.91. The Morgan fingerprint density at radius 1 is 1.20 bits per heavy atom. The van der Waals surface area contributed by atoms with Crippen LogP contribution >= 0.6 is 0 Å². The van der Waals surface area contributed by atoms with Gasteiger partial charge in [0.2, 0.25) is 0 Å². The number of allylic oxidation sites excluding steroid dienone is 5. The highest BCUT2D eigenvalue weighted by Gasteiger charge is 2.43. The third-order valence-electron chi connectivity index (χ3n) is 7.15. The molecule has 0 radical (unpaired) electrons. The minimum atomic E-state index is -0.126. The van der Waals surface area contributed by atoms with Crippen molar-refractivity contribution in [2.75, 3.05) is 7.11 Å². The summed E-state index contributed by atoms with van der Waals surface area (Å²) in [7, 11) is 1.74. The molecule has 156 valence electrons. The van der Waals surface area contributed by atoms with Crippen LogP contribution in [-0.2, 0) is 10.3 Å². The van der Waals surface area contributed by atoms with Crippen LogP contribution in [0.4, 0.5) is 0 Å². The van der Waals surface area contributed by atoms with E-state index in [1.807, 2.05) is 0 Å². The first kappa shape index (κ1) is 19.4. The molecule has 4 heteroatoms. The molecule has 4 nitrogen and oxygen atoms in total. The molecule has 1 saturated carbocycles. The summed E-state index contributed by atoms with van der Waals surface area (Å²) in [5.41, 5.74) is 10.2. The third kappa shape index (κ3) is 3.14. The molecule has 2 N–H and O–H groups in total. The van der Waals surface area contributed by atoms with Gasteiger partial charge >= 0.3 is 0 Å². The average Bonchev–Trinajstić information content (AvgIpc) is 3.17. The van der Waals surface area contributed by atoms with E-state index in [1.165, 1.54) is 23.1 Å². The zero-order chi connectivity index (χ0) is 20.7. The Morgan fingerprint density at radius 2 is 2.00 bits per heavy atom. The summed E-state index contributed by atoms with van der Waals surface area (Å²) in [4.78, 5) is 7.56. The van der Waals surface area contributed by atoms with Crippen LogP contribution in [0.5, 0.6) is 0 Å². The molecule has 2 aliphatic carbocycles.